The molecule has 0 nitrogen and oxygen atoms in total. The van der Waals surface area contributed by atoms with Gasteiger partial charge < -0.3 is 0 Å². The van der Waals surface area contributed by atoms with Gasteiger partial charge in [-0.05, 0) is 115 Å². The fourth-order valence-corrected chi connectivity index (χ4v) is 10.6. The molecule has 0 amide bonds. The molecule has 3 fully saturated rings. The number of hydrogen-bond donors (Lipinski definition) is 0. The highest BCUT2D eigenvalue weighted by Crippen LogP contribution is 2.75. The van der Waals surface area contributed by atoms with Crippen LogP contribution in [0, 0.1) is 44.3 Å². The second-order valence-corrected chi connectivity index (χ2v) is 15.1. The maximum Gasteiger partial charge on any atom is -0.00566 e. The molecule has 0 aliphatic heterocycles. The molecular weight excluding hydrogens is 360 g/mol. The Hall–Kier alpha value is -0.260. The molecule has 0 bridgehead atoms. The topological polar surface area (TPSA) is 0 Å². The summed E-state index contributed by atoms with van der Waals surface area (Å²) in [7, 11) is 0. The summed E-state index contributed by atoms with van der Waals surface area (Å²) in [6, 6.07) is 0. The van der Waals surface area contributed by atoms with Crippen LogP contribution >= 0.6 is 0 Å². The Kier molecular flexibility index (Phi) is 4.46. The van der Waals surface area contributed by atoms with Crippen molar-refractivity contribution in [2.75, 3.05) is 0 Å². The molecule has 0 N–H and O–H groups in total. The molecule has 5 rings (SSSR count). The molecule has 6 unspecified atom stereocenters. The van der Waals surface area contributed by atoms with Crippen molar-refractivity contribution in [1.82, 2.24) is 0 Å². The highest BCUT2D eigenvalue weighted by Gasteiger charge is 2.65. The van der Waals surface area contributed by atoms with Gasteiger partial charge in [-0.2, -0.15) is 0 Å². The van der Waals surface area contributed by atoms with Crippen molar-refractivity contribution in [3.8, 4) is 0 Å². The summed E-state index contributed by atoms with van der Waals surface area (Å²) in [6.07, 6.45) is 17.4. The average molecular weight is 411 g/mol. The predicted octanol–water partition coefficient (Wildman–Crippen LogP) is 9.34. The maximum absolute atomic E-state index is 2.76. The van der Waals surface area contributed by atoms with Gasteiger partial charge in [0.05, 0.1) is 0 Å². The Bertz CT molecular complexity index is 767. The SMILES string of the molecule is CC1(C)CCC2(C)CCC3(C)C4=C(CCC3(C)C2C1)C1(C)CCCC(C)(C)C1CC4. The lowest BCUT2D eigenvalue weighted by atomic mass is 9.35. The Morgan fingerprint density at radius 1 is 0.633 bits per heavy atom. The summed E-state index contributed by atoms with van der Waals surface area (Å²) >= 11 is 0. The number of hydrogen-bond acceptors (Lipinski definition) is 0. The van der Waals surface area contributed by atoms with E-state index in [2.05, 4.69) is 55.4 Å². The third kappa shape index (κ3) is 2.64. The smallest absolute Gasteiger partial charge is 0.00566 e. The lowest BCUT2D eigenvalue weighted by Crippen LogP contribution is -2.60. The molecule has 0 spiro atoms. The molecule has 6 atom stereocenters. The van der Waals surface area contributed by atoms with Crippen molar-refractivity contribution in [3.63, 3.8) is 0 Å². The molecule has 170 valence electrons. The van der Waals surface area contributed by atoms with Crippen LogP contribution in [0.3, 0.4) is 0 Å². The summed E-state index contributed by atoms with van der Waals surface area (Å²) < 4.78 is 0. The van der Waals surface area contributed by atoms with Crippen molar-refractivity contribution >= 4 is 0 Å². The van der Waals surface area contributed by atoms with Gasteiger partial charge in [0.25, 0.3) is 0 Å². The van der Waals surface area contributed by atoms with Gasteiger partial charge >= 0.3 is 0 Å². The first-order chi connectivity index (χ1) is 13.8. The van der Waals surface area contributed by atoms with E-state index in [1.165, 1.54) is 77.0 Å². The van der Waals surface area contributed by atoms with Crippen molar-refractivity contribution < 1.29 is 0 Å². The molecule has 0 radical (unpaired) electrons. The minimum absolute atomic E-state index is 0.452. The number of rotatable bonds is 0. The van der Waals surface area contributed by atoms with Crippen molar-refractivity contribution in [3.05, 3.63) is 11.1 Å². The number of fused-ring (bicyclic) bond motifs is 6. The van der Waals surface area contributed by atoms with E-state index in [1.807, 2.05) is 11.1 Å². The molecule has 0 aromatic rings. The van der Waals surface area contributed by atoms with E-state index in [4.69, 9.17) is 0 Å². The van der Waals surface area contributed by atoms with Crippen LogP contribution in [0.1, 0.15) is 132 Å². The minimum Gasteiger partial charge on any atom is -0.0642 e. The molecule has 30 heavy (non-hydrogen) atoms. The first kappa shape index (κ1) is 21.6. The summed E-state index contributed by atoms with van der Waals surface area (Å²) in [5, 5.41) is 0. The molecule has 5 aliphatic rings. The van der Waals surface area contributed by atoms with Gasteiger partial charge in [-0.3, -0.25) is 0 Å². The molecular formula is C30H50. The van der Waals surface area contributed by atoms with Crippen LogP contribution in [0.4, 0.5) is 0 Å². The van der Waals surface area contributed by atoms with Crippen LogP contribution < -0.4 is 0 Å². The zero-order chi connectivity index (χ0) is 21.8. The maximum atomic E-state index is 2.76. The normalized spacial score (nSPS) is 52.0. The summed E-state index contributed by atoms with van der Waals surface area (Å²) in [5.41, 5.74) is 7.08. The summed E-state index contributed by atoms with van der Waals surface area (Å²) in [6.45, 7) is 21.2. The minimum atomic E-state index is 0.452. The Morgan fingerprint density at radius 2 is 1.33 bits per heavy atom. The monoisotopic (exact) mass is 410 g/mol. The second-order valence-electron chi connectivity index (χ2n) is 15.1. The summed E-state index contributed by atoms with van der Waals surface area (Å²) in [5.74, 6) is 1.82. The third-order valence-electron chi connectivity index (χ3n) is 12.7. The molecule has 0 heteroatoms. The summed E-state index contributed by atoms with van der Waals surface area (Å²) in [4.78, 5) is 0. The van der Waals surface area contributed by atoms with E-state index in [-0.39, 0.29) is 0 Å². The van der Waals surface area contributed by atoms with E-state index in [1.54, 1.807) is 0 Å². The van der Waals surface area contributed by atoms with Gasteiger partial charge in [0.1, 0.15) is 0 Å². The van der Waals surface area contributed by atoms with Crippen molar-refractivity contribution in [2.24, 2.45) is 44.3 Å². The lowest BCUT2D eigenvalue weighted by molar-refractivity contribution is -0.151. The van der Waals surface area contributed by atoms with E-state index in [9.17, 15) is 0 Å². The Morgan fingerprint density at radius 3 is 2.07 bits per heavy atom. The van der Waals surface area contributed by atoms with Gasteiger partial charge in [-0.15, -0.1) is 0 Å². The van der Waals surface area contributed by atoms with Crippen LogP contribution in [0.5, 0.6) is 0 Å². The third-order valence-corrected chi connectivity index (χ3v) is 12.7. The Labute approximate surface area is 188 Å². The van der Waals surface area contributed by atoms with Gasteiger partial charge in [-0.1, -0.05) is 73.0 Å². The average Bonchev–Trinajstić information content (AvgIpc) is 2.64. The molecule has 0 heterocycles. The van der Waals surface area contributed by atoms with E-state index in [0.717, 1.165) is 11.8 Å². The van der Waals surface area contributed by atoms with Gasteiger partial charge in [-0.25, -0.2) is 0 Å². The van der Waals surface area contributed by atoms with Crippen LogP contribution in [-0.2, 0) is 0 Å². The van der Waals surface area contributed by atoms with E-state index in [0.29, 0.717) is 32.5 Å². The largest absolute Gasteiger partial charge is 0.0642 e. The zero-order valence-electron chi connectivity index (χ0n) is 21.6. The van der Waals surface area contributed by atoms with E-state index < -0.39 is 0 Å². The zero-order valence-corrected chi connectivity index (χ0v) is 21.6. The van der Waals surface area contributed by atoms with Crippen molar-refractivity contribution in [2.45, 2.75) is 132 Å². The van der Waals surface area contributed by atoms with Crippen LogP contribution in [0.25, 0.3) is 0 Å². The molecule has 0 saturated heterocycles. The molecule has 3 saturated carbocycles. The molecule has 0 aromatic carbocycles. The number of allylic oxidation sites excluding steroid dienone is 2. The van der Waals surface area contributed by atoms with Gasteiger partial charge in [0.15, 0.2) is 0 Å². The lowest BCUT2D eigenvalue weighted by Gasteiger charge is -2.69. The van der Waals surface area contributed by atoms with Gasteiger partial charge in [0, 0.05) is 0 Å². The standard InChI is InChI=1S/C30H50/c1-25(2)16-17-27(5)18-19-29(7)22-10-11-23-26(3,4)13-9-14-28(23,6)21(22)12-15-30(29,8)24(27)20-25/h23-24H,9-20H2,1-8H3. The fourth-order valence-electron chi connectivity index (χ4n) is 10.6. The van der Waals surface area contributed by atoms with Crippen LogP contribution in [0.15, 0.2) is 11.1 Å². The molecule has 5 aliphatic carbocycles. The first-order valence-electron chi connectivity index (χ1n) is 13.5. The highest BCUT2D eigenvalue weighted by molar-refractivity contribution is 5.38. The van der Waals surface area contributed by atoms with E-state index >= 15 is 0 Å². The van der Waals surface area contributed by atoms with Crippen molar-refractivity contribution in [1.29, 1.82) is 0 Å². The van der Waals surface area contributed by atoms with Crippen LogP contribution in [0.2, 0.25) is 0 Å². The Balaban J connectivity index is 1.60. The molecule has 0 aromatic heterocycles. The second kappa shape index (κ2) is 6.20. The highest BCUT2D eigenvalue weighted by atomic mass is 14.7. The quantitative estimate of drug-likeness (QED) is 0.349. The predicted molar refractivity (Wildman–Crippen MR) is 129 cm³/mol. The first-order valence-corrected chi connectivity index (χ1v) is 13.5. The fraction of sp³-hybridized carbons (Fsp3) is 0.933. The van der Waals surface area contributed by atoms with Gasteiger partial charge in [0.2, 0.25) is 0 Å². The van der Waals surface area contributed by atoms with Crippen LogP contribution in [-0.4, -0.2) is 0 Å².